The number of nitrogens with zero attached hydrogens (tertiary/aromatic N) is 3. The van der Waals surface area contributed by atoms with Gasteiger partial charge in [-0.05, 0) is 51.1 Å². The molecule has 0 unspecified atom stereocenters. The maximum Gasteiger partial charge on any atom is 0.573 e. The van der Waals surface area contributed by atoms with Crippen molar-refractivity contribution in [3.63, 3.8) is 0 Å². The number of nitrogens with one attached hydrogen (secondary N) is 2. The lowest BCUT2D eigenvalue weighted by Crippen LogP contribution is -2.38. The molecule has 0 atom stereocenters. The lowest BCUT2D eigenvalue weighted by Gasteiger charge is -2.17. The number of aromatic nitrogens is 4. The molecule has 0 bridgehead atoms. The van der Waals surface area contributed by atoms with Crippen LogP contribution in [0.4, 0.5) is 13.2 Å². The molecule has 0 spiro atoms. The zero-order valence-electron chi connectivity index (χ0n) is 16.9. The highest BCUT2D eigenvalue weighted by Crippen LogP contribution is 2.27. The van der Waals surface area contributed by atoms with Crippen molar-refractivity contribution in [2.45, 2.75) is 32.7 Å². The number of aliphatic hydroxyl groups is 1. The van der Waals surface area contributed by atoms with E-state index in [1.807, 2.05) is 0 Å². The number of amides is 1. The minimum Gasteiger partial charge on any atom is -0.406 e. The van der Waals surface area contributed by atoms with Gasteiger partial charge in [0.25, 0.3) is 5.91 Å². The SMILES string of the molecule is Cc1[nH]ncc1-c1nc(C(=O)NCC(C)(C)O)cc(-c2ccc(OC(F)(F)F)cc2)n1. The molecule has 3 N–H and O–H groups in total. The lowest BCUT2D eigenvalue weighted by atomic mass is 10.1. The standard InChI is InChI=1S/C20H20F3N5O3/c1-11-14(9-25-28-11)17-26-15(8-16(27-17)18(29)24-10-19(2,3)30)12-4-6-13(7-5-12)31-20(21,22)23/h4-9,30H,10H2,1-3H3,(H,24,29)(H,25,28). The Labute approximate surface area is 175 Å². The van der Waals surface area contributed by atoms with Crippen molar-refractivity contribution < 1.29 is 27.8 Å². The van der Waals surface area contributed by atoms with Gasteiger partial charge >= 0.3 is 6.36 Å². The van der Waals surface area contributed by atoms with Crippen LogP contribution in [0.2, 0.25) is 0 Å². The summed E-state index contributed by atoms with van der Waals surface area (Å²) in [7, 11) is 0. The van der Waals surface area contributed by atoms with Gasteiger partial charge < -0.3 is 15.2 Å². The number of benzene rings is 1. The van der Waals surface area contributed by atoms with Gasteiger partial charge in [-0.15, -0.1) is 13.2 Å². The third-order valence-corrected chi connectivity index (χ3v) is 4.09. The van der Waals surface area contributed by atoms with Gasteiger partial charge in [0, 0.05) is 17.8 Å². The first-order valence-corrected chi connectivity index (χ1v) is 9.17. The molecule has 0 aliphatic carbocycles. The molecule has 0 aliphatic rings. The fraction of sp³-hybridized carbons (Fsp3) is 0.300. The summed E-state index contributed by atoms with van der Waals surface area (Å²) in [6.07, 6.45) is -3.29. The summed E-state index contributed by atoms with van der Waals surface area (Å²) in [6, 6.07) is 6.52. The molecule has 2 aromatic heterocycles. The van der Waals surface area contributed by atoms with E-state index in [9.17, 15) is 23.1 Å². The zero-order valence-corrected chi connectivity index (χ0v) is 16.9. The van der Waals surface area contributed by atoms with Crippen LogP contribution in [0.25, 0.3) is 22.6 Å². The highest BCUT2D eigenvalue weighted by Gasteiger charge is 2.31. The zero-order chi connectivity index (χ0) is 22.8. The van der Waals surface area contributed by atoms with Crippen molar-refractivity contribution in [1.29, 1.82) is 0 Å². The first-order valence-electron chi connectivity index (χ1n) is 9.17. The van der Waals surface area contributed by atoms with Crippen LogP contribution in [0.15, 0.2) is 36.5 Å². The molecular weight excluding hydrogens is 415 g/mol. The lowest BCUT2D eigenvalue weighted by molar-refractivity contribution is -0.274. The highest BCUT2D eigenvalue weighted by atomic mass is 19.4. The summed E-state index contributed by atoms with van der Waals surface area (Å²) < 4.78 is 41.1. The quantitative estimate of drug-likeness (QED) is 0.548. The molecule has 1 amide bonds. The first-order chi connectivity index (χ1) is 14.4. The monoisotopic (exact) mass is 435 g/mol. The van der Waals surface area contributed by atoms with Crippen molar-refractivity contribution >= 4 is 5.91 Å². The van der Waals surface area contributed by atoms with E-state index >= 15 is 0 Å². The number of H-pyrrole nitrogens is 1. The molecule has 31 heavy (non-hydrogen) atoms. The van der Waals surface area contributed by atoms with Gasteiger partial charge in [-0.3, -0.25) is 9.89 Å². The molecule has 0 aliphatic heterocycles. The fourth-order valence-electron chi connectivity index (χ4n) is 2.62. The number of hydrogen-bond donors (Lipinski definition) is 3. The van der Waals surface area contributed by atoms with Crippen molar-refractivity contribution in [3.05, 3.63) is 47.9 Å². The number of aryl methyl sites for hydroxylation is 1. The van der Waals surface area contributed by atoms with Crippen LogP contribution in [-0.4, -0.2) is 49.7 Å². The largest absolute Gasteiger partial charge is 0.573 e. The maximum atomic E-state index is 12.6. The molecule has 1 aromatic carbocycles. The van der Waals surface area contributed by atoms with Gasteiger partial charge in [0.15, 0.2) is 5.82 Å². The molecular formula is C20H20F3N5O3. The van der Waals surface area contributed by atoms with E-state index in [1.165, 1.54) is 24.4 Å². The number of hydrogen-bond acceptors (Lipinski definition) is 6. The van der Waals surface area contributed by atoms with E-state index in [2.05, 4.69) is 30.2 Å². The normalized spacial score (nSPS) is 12.0. The Balaban J connectivity index is 1.99. The van der Waals surface area contributed by atoms with Gasteiger partial charge in [-0.25, -0.2) is 9.97 Å². The summed E-state index contributed by atoms with van der Waals surface area (Å²) in [6.45, 7) is 4.84. The molecule has 164 valence electrons. The fourth-order valence-corrected chi connectivity index (χ4v) is 2.62. The van der Waals surface area contributed by atoms with E-state index in [-0.39, 0.29) is 23.8 Å². The smallest absolute Gasteiger partial charge is 0.406 e. The van der Waals surface area contributed by atoms with Crippen LogP contribution in [0.1, 0.15) is 30.0 Å². The van der Waals surface area contributed by atoms with Crippen molar-refractivity contribution in [2.24, 2.45) is 0 Å². The van der Waals surface area contributed by atoms with Crippen LogP contribution in [0.5, 0.6) is 5.75 Å². The van der Waals surface area contributed by atoms with Crippen molar-refractivity contribution in [3.8, 4) is 28.4 Å². The molecule has 8 nitrogen and oxygen atoms in total. The molecule has 11 heteroatoms. The van der Waals surface area contributed by atoms with Crippen LogP contribution in [0, 0.1) is 6.92 Å². The average Bonchev–Trinajstić information content (AvgIpc) is 3.10. The summed E-state index contributed by atoms with van der Waals surface area (Å²) in [5.74, 6) is -0.697. The Morgan fingerprint density at radius 3 is 2.42 bits per heavy atom. The van der Waals surface area contributed by atoms with E-state index < -0.39 is 17.9 Å². The molecule has 3 aromatic rings. The number of carbonyl (C=O) groups excluding carboxylic acids is 1. The first kappa shape index (κ1) is 22.2. The number of carbonyl (C=O) groups is 1. The van der Waals surface area contributed by atoms with E-state index in [1.54, 1.807) is 20.8 Å². The summed E-state index contributed by atoms with van der Waals surface area (Å²) in [4.78, 5) is 21.3. The Kier molecular flexibility index (Phi) is 5.98. The predicted octanol–water partition coefficient (Wildman–Crippen LogP) is 3.24. The number of alkyl halides is 3. The molecule has 0 fully saturated rings. The Hall–Kier alpha value is -3.47. The van der Waals surface area contributed by atoms with Crippen LogP contribution in [-0.2, 0) is 0 Å². The third-order valence-electron chi connectivity index (χ3n) is 4.09. The minimum absolute atomic E-state index is 0.00524. The van der Waals surface area contributed by atoms with Gasteiger partial charge in [0.05, 0.1) is 23.1 Å². The van der Waals surface area contributed by atoms with Gasteiger partial charge in [-0.1, -0.05) is 0 Å². The van der Waals surface area contributed by atoms with Gasteiger partial charge in [0.2, 0.25) is 0 Å². The topological polar surface area (TPSA) is 113 Å². The summed E-state index contributed by atoms with van der Waals surface area (Å²) in [5.41, 5.74) is 0.919. The van der Waals surface area contributed by atoms with Crippen molar-refractivity contribution in [1.82, 2.24) is 25.5 Å². The molecule has 0 radical (unpaired) electrons. The molecule has 0 saturated heterocycles. The average molecular weight is 435 g/mol. The Morgan fingerprint density at radius 1 is 1.19 bits per heavy atom. The van der Waals surface area contributed by atoms with Crippen LogP contribution < -0.4 is 10.1 Å². The van der Waals surface area contributed by atoms with E-state index in [4.69, 9.17) is 0 Å². The van der Waals surface area contributed by atoms with Gasteiger partial charge in [0.1, 0.15) is 11.4 Å². The molecule has 3 rings (SSSR count). The number of halogens is 3. The Morgan fingerprint density at radius 2 is 1.87 bits per heavy atom. The van der Waals surface area contributed by atoms with Crippen molar-refractivity contribution in [2.75, 3.05) is 6.54 Å². The number of ether oxygens (including phenoxy) is 1. The van der Waals surface area contributed by atoms with Crippen LogP contribution in [0.3, 0.4) is 0 Å². The molecule has 0 saturated carbocycles. The maximum absolute atomic E-state index is 12.6. The second-order valence-corrected chi connectivity index (χ2v) is 7.44. The predicted molar refractivity (Wildman–Crippen MR) is 105 cm³/mol. The Bertz CT molecular complexity index is 1070. The third kappa shape index (κ3) is 6.01. The minimum atomic E-state index is -4.80. The number of rotatable bonds is 6. The van der Waals surface area contributed by atoms with E-state index in [0.717, 1.165) is 12.1 Å². The number of aromatic amines is 1. The van der Waals surface area contributed by atoms with Gasteiger partial charge in [-0.2, -0.15) is 5.10 Å². The summed E-state index contributed by atoms with van der Waals surface area (Å²) >= 11 is 0. The highest BCUT2D eigenvalue weighted by molar-refractivity contribution is 5.93. The summed E-state index contributed by atoms with van der Waals surface area (Å²) in [5, 5.41) is 19.1. The second kappa shape index (κ2) is 8.34. The van der Waals surface area contributed by atoms with E-state index in [0.29, 0.717) is 22.5 Å². The van der Waals surface area contributed by atoms with Crippen LogP contribution >= 0.6 is 0 Å². The second-order valence-electron chi connectivity index (χ2n) is 7.44. The molecule has 2 heterocycles.